The molecule has 0 aliphatic rings. The van der Waals surface area contributed by atoms with Gasteiger partial charge in [0, 0.05) is 0 Å². The molecule has 1 aromatic carbocycles. The first-order chi connectivity index (χ1) is 10.6. The number of hydrogen-bond donors (Lipinski definition) is 0. The largest absolute Gasteiger partial charge is 0.493 e. The van der Waals surface area contributed by atoms with E-state index >= 15 is 0 Å². The second kappa shape index (κ2) is 7.64. The second-order valence-electron chi connectivity index (χ2n) is 4.26. The van der Waals surface area contributed by atoms with E-state index in [-0.39, 0.29) is 5.78 Å². The number of hydrogen-bond acceptors (Lipinski definition) is 5. The lowest BCUT2D eigenvalue weighted by Gasteiger charge is -2.12. The molecular formula is C16H15IO4S. The number of benzene rings is 1. The van der Waals surface area contributed by atoms with Crippen LogP contribution in [-0.2, 0) is 0 Å². The zero-order chi connectivity index (χ0) is 16.1. The van der Waals surface area contributed by atoms with Gasteiger partial charge in [-0.15, -0.1) is 11.3 Å². The van der Waals surface area contributed by atoms with Crippen molar-refractivity contribution in [3.8, 4) is 17.2 Å². The molecule has 116 valence electrons. The van der Waals surface area contributed by atoms with Crippen molar-refractivity contribution < 1.29 is 19.0 Å². The first kappa shape index (κ1) is 16.8. The summed E-state index contributed by atoms with van der Waals surface area (Å²) in [5.74, 6) is 1.61. The summed E-state index contributed by atoms with van der Waals surface area (Å²) < 4.78 is 16.9. The molecule has 4 nitrogen and oxygen atoms in total. The predicted molar refractivity (Wildman–Crippen MR) is 96.5 cm³/mol. The van der Waals surface area contributed by atoms with Gasteiger partial charge in [-0.25, -0.2) is 0 Å². The number of carbonyl (C=O) groups is 1. The van der Waals surface area contributed by atoms with Gasteiger partial charge < -0.3 is 14.2 Å². The van der Waals surface area contributed by atoms with E-state index in [0.717, 1.165) is 8.45 Å². The number of ketones is 1. The molecule has 0 atom stereocenters. The van der Waals surface area contributed by atoms with Gasteiger partial charge in [-0.1, -0.05) is 6.08 Å². The van der Waals surface area contributed by atoms with Gasteiger partial charge in [0.2, 0.25) is 5.75 Å². The number of thiophene rings is 1. The van der Waals surface area contributed by atoms with Crippen molar-refractivity contribution in [3.63, 3.8) is 0 Å². The van der Waals surface area contributed by atoms with Crippen LogP contribution in [-0.4, -0.2) is 27.1 Å². The Morgan fingerprint density at radius 1 is 1.09 bits per heavy atom. The summed E-state index contributed by atoms with van der Waals surface area (Å²) in [6, 6.07) is 7.34. The van der Waals surface area contributed by atoms with E-state index < -0.39 is 0 Å². The number of carbonyl (C=O) groups excluding carboxylic acids is 1. The Hall–Kier alpha value is -1.54. The monoisotopic (exact) mass is 430 g/mol. The fraction of sp³-hybridized carbons (Fsp3) is 0.188. The van der Waals surface area contributed by atoms with Crippen molar-refractivity contribution in [2.45, 2.75) is 0 Å². The molecule has 22 heavy (non-hydrogen) atoms. The third-order valence-corrected chi connectivity index (χ3v) is 4.84. The first-order valence-corrected chi connectivity index (χ1v) is 8.26. The Bertz CT molecular complexity index is 681. The molecular weight excluding hydrogens is 415 g/mol. The fourth-order valence-corrected chi connectivity index (χ4v) is 3.44. The van der Waals surface area contributed by atoms with Crippen LogP contribution in [0.1, 0.15) is 15.2 Å². The lowest BCUT2D eigenvalue weighted by Crippen LogP contribution is -1.96. The minimum Gasteiger partial charge on any atom is -0.493 e. The molecule has 0 radical (unpaired) electrons. The topological polar surface area (TPSA) is 44.8 Å². The van der Waals surface area contributed by atoms with Crippen molar-refractivity contribution >= 4 is 45.8 Å². The number of ether oxygens (including phenoxy) is 3. The van der Waals surface area contributed by atoms with Crippen LogP contribution >= 0.6 is 33.9 Å². The van der Waals surface area contributed by atoms with E-state index in [2.05, 4.69) is 22.6 Å². The molecule has 1 heterocycles. The first-order valence-electron chi connectivity index (χ1n) is 6.36. The van der Waals surface area contributed by atoms with Crippen molar-refractivity contribution in [1.29, 1.82) is 0 Å². The highest BCUT2D eigenvalue weighted by atomic mass is 127. The van der Waals surface area contributed by atoms with E-state index in [9.17, 15) is 4.79 Å². The summed E-state index contributed by atoms with van der Waals surface area (Å²) in [5, 5.41) is 0. The molecule has 6 heteroatoms. The van der Waals surface area contributed by atoms with Crippen molar-refractivity contribution in [1.82, 2.24) is 0 Å². The second-order valence-corrected chi connectivity index (χ2v) is 7.24. The maximum atomic E-state index is 12.1. The van der Waals surface area contributed by atoms with Crippen LogP contribution in [0.5, 0.6) is 17.2 Å². The van der Waals surface area contributed by atoms with Gasteiger partial charge in [0.1, 0.15) is 0 Å². The number of methoxy groups -OCH3 is 3. The minimum atomic E-state index is -0.0262. The standard InChI is InChI=1S/C16H15IO4S/c1-19-12-8-10(9-13(20-2)16(12)21-3)4-5-11(18)14-6-7-15(17)22-14/h4-9H,1-3H3/b5-4+. The maximum Gasteiger partial charge on any atom is 0.203 e. The van der Waals surface area contributed by atoms with E-state index in [1.54, 1.807) is 45.6 Å². The molecule has 0 aliphatic carbocycles. The molecule has 2 aromatic rings. The Morgan fingerprint density at radius 3 is 2.18 bits per heavy atom. The molecule has 1 aromatic heterocycles. The van der Waals surface area contributed by atoms with Gasteiger partial charge in [-0.05, 0) is 58.5 Å². The lowest BCUT2D eigenvalue weighted by molar-refractivity contribution is 0.105. The van der Waals surface area contributed by atoms with Crippen molar-refractivity contribution in [2.75, 3.05) is 21.3 Å². The average molecular weight is 430 g/mol. The fourth-order valence-electron chi connectivity index (χ4n) is 1.90. The average Bonchev–Trinajstić information content (AvgIpc) is 2.97. The van der Waals surface area contributed by atoms with E-state index in [1.165, 1.54) is 11.3 Å². The van der Waals surface area contributed by atoms with Crippen LogP contribution in [0, 0.1) is 2.88 Å². The molecule has 2 rings (SSSR count). The molecule has 0 spiro atoms. The quantitative estimate of drug-likeness (QED) is 0.390. The smallest absolute Gasteiger partial charge is 0.203 e. The van der Waals surface area contributed by atoms with Gasteiger partial charge in [0.05, 0.1) is 29.1 Å². The van der Waals surface area contributed by atoms with E-state index in [0.29, 0.717) is 22.1 Å². The number of rotatable bonds is 6. The van der Waals surface area contributed by atoms with Gasteiger partial charge in [-0.2, -0.15) is 0 Å². The Balaban J connectivity index is 2.29. The van der Waals surface area contributed by atoms with Crippen LogP contribution in [0.4, 0.5) is 0 Å². The molecule has 0 aliphatic heterocycles. The normalized spacial score (nSPS) is 10.7. The molecule has 0 N–H and O–H groups in total. The molecule has 0 fully saturated rings. The summed E-state index contributed by atoms with van der Waals surface area (Å²) >= 11 is 3.66. The Kier molecular flexibility index (Phi) is 5.84. The maximum absolute atomic E-state index is 12.1. The van der Waals surface area contributed by atoms with Crippen molar-refractivity contribution in [2.24, 2.45) is 0 Å². The molecule has 0 bridgehead atoms. The van der Waals surface area contributed by atoms with E-state index in [4.69, 9.17) is 14.2 Å². The molecule has 0 saturated carbocycles. The Labute approximate surface area is 146 Å². The highest BCUT2D eigenvalue weighted by Crippen LogP contribution is 2.38. The highest BCUT2D eigenvalue weighted by Gasteiger charge is 2.12. The summed E-state index contributed by atoms with van der Waals surface area (Å²) in [7, 11) is 4.67. The zero-order valence-electron chi connectivity index (χ0n) is 12.4. The summed E-state index contributed by atoms with van der Waals surface area (Å²) in [6.07, 6.45) is 3.28. The predicted octanol–water partition coefficient (Wildman–Crippen LogP) is 4.27. The SMILES string of the molecule is COc1cc(/C=C/C(=O)c2ccc(I)s2)cc(OC)c1OC. The van der Waals surface area contributed by atoms with Crippen LogP contribution < -0.4 is 14.2 Å². The summed E-state index contributed by atoms with van der Waals surface area (Å²) in [5.41, 5.74) is 0.800. The molecule has 0 saturated heterocycles. The number of halogens is 1. The van der Waals surface area contributed by atoms with Gasteiger partial charge >= 0.3 is 0 Å². The van der Waals surface area contributed by atoms with Crippen LogP contribution in [0.15, 0.2) is 30.3 Å². The highest BCUT2D eigenvalue weighted by molar-refractivity contribution is 14.1. The lowest BCUT2D eigenvalue weighted by atomic mass is 10.1. The molecule has 0 amide bonds. The van der Waals surface area contributed by atoms with Crippen LogP contribution in [0.3, 0.4) is 0 Å². The summed E-state index contributed by atoms with van der Waals surface area (Å²) in [6.45, 7) is 0. The third kappa shape index (κ3) is 3.80. The minimum absolute atomic E-state index is 0.0262. The number of allylic oxidation sites excluding steroid dienone is 1. The third-order valence-electron chi connectivity index (χ3n) is 2.93. The molecule has 0 unspecified atom stereocenters. The van der Waals surface area contributed by atoms with Gasteiger partial charge in [-0.3, -0.25) is 4.79 Å². The van der Waals surface area contributed by atoms with Crippen LogP contribution in [0.2, 0.25) is 0 Å². The van der Waals surface area contributed by atoms with Crippen LogP contribution in [0.25, 0.3) is 6.08 Å². The zero-order valence-corrected chi connectivity index (χ0v) is 15.4. The van der Waals surface area contributed by atoms with Gasteiger partial charge in [0.15, 0.2) is 17.3 Å². The van der Waals surface area contributed by atoms with Crippen molar-refractivity contribution in [3.05, 3.63) is 43.7 Å². The summed E-state index contributed by atoms with van der Waals surface area (Å²) in [4.78, 5) is 12.8. The Morgan fingerprint density at radius 2 is 1.73 bits per heavy atom. The van der Waals surface area contributed by atoms with Gasteiger partial charge in [0.25, 0.3) is 0 Å². The van der Waals surface area contributed by atoms with E-state index in [1.807, 2.05) is 12.1 Å².